The van der Waals surface area contributed by atoms with Gasteiger partial charge >= 0.3 is 0 Å². The van der Waals surface area contributed by atoms with Crippen LogP contribution in [0.1, 0.15) is 11.1 Å². The molecule has 0 aliphatic heterocycles. The summed E-state index contributed by atoms with van der Waals surface area (Å²) in [6.45, 7) is 0.438. The van der Waals surface area contributed by atoms with Crippen LogP contribution in [0.5, 0.6) is 5.75 Å². The fourth-order valence-corrected chi connectivity index (χ4v) is 2.53. The second kappa shape index (κ2) is 6.47. The normalized spacial score (nSPS) is 10.8. The van der Waals surface area contributed by atoms with Gasteiger partial charge in [0.05, 0.1) is 23.3 Å². The first kappa shape index (κ1) is 15.8. The predicted octanol–water partition coefficient (Wildman–Crippen LogP) is 1.83. The first-order valence-electron chi connectivity index (χ1n) is 6.38. The number of anilines is 1. The Labute approximate surface area is 129 Å². The molecule has 0 radical (unpaired) electrons. The van der Waals surface area contributed by atoms with Gasteiger partial charge in [-0.3, -0.25) is 0 Å². The molecule has 0 aromatic heterocycles. The van der Waals surface area contributed by atoms with Crippen molar-refractivity contribution in [3.63, 3.8) is 0 Å². The largest absolute Gasteiger partial charge is 0.496 e. The predicted molar refractivity (Wildman–Crippen MR) is 82.9 cm³/mol. The minimum absolute atomic E-state index is 0.0908. The molecule has 114 valence electrons. The summed E-state index contributed by atoms with van der Waals surface area (Å²) in [4.78, 5) is -0.0908. The zero-order chi connectivity index (χ0) is 16.2. The van der Waals surface area contributed by atoms with E-state index in [0.29, 0.717) is 12.2 Å². The molecule has 2 aromatic carbocycles. The minimum atomic E-state index is -3.83. The second-order valence-electron chi connectivity index (χ2n) is 4.53. The van der Waals surface area contributed by atoms with Crippen LogP contribution < -0.4 is 15.2 Å². The summed E-state index contributed by atoms with van der Waals surface area (Å²) in [5.41, 5.74) is 1.66. The number of hydrogen-bond acceptors (Lipinski definition) is 5. The van der Waals surface area contributed by atoms with Crippen molar-refractivity contribution in [2.75, 3.05) is 12.4 Å². The van der Waals surface area contributed by atoms with Gasteiger partial charge < -0.3 is 10.1 Å². The Hall–Kier alpha value is -2.56. The van der Waals surface area contributed by atoms with Crippen LogP contribution in [-0.4, -0.2) is 15.5 Å². The summed E-state index contributed by atoms with van der Waals surface area (Å²) in [6, 6.07) is 13.6. The Morgan fingerprint density at radius 2 is 2.00 bits per heavy atom. The fraction of sp³-hybridized carbons (Fsp3) is 0.133. The molecule has 2 aromatic rings. The molecule has 0 fully saturated rings. The van der Waals surface area contributed by atoms with Crippen LogP contribution in [0.15, 0.2) is 47.4 Å². The maximum absolute atomic E-state index is 11.3. The van der Waals surface area contributed by atoms with E-state index in [0.717, 1.165) is 11.3 Å². The molecule has 0 aliphatic rings. The number of rotatable bonds is 5. The van der Waals surface area contributed by atoms with Crippen LogP contribution in [0.2, 0.25) is 0 Å². The lowest BCUT2D eigenvalue weighted by atomic mass is 10.1. The molecular weight excluding hydrogens is 302 g/mol. The van der Waals surface area contributed by atoms with Gasteiger partial charge in [-0.2, -0.15) is 5.26 Å². The molecule has 0 bridgehead atoms. The molecule has 0 atom stereocenters. The molecule has 22 heavy (non-hydrogen) atoms. The van der Waals surface area contributed by atoms with Crippen molar-refractivity contribution < 1.29 is 13.2 Å². The molecule has 0 aliphatic carbocycles. The van der Waals surface area contributed by atoms with Gasteiger partial charge in [-0.15, -0.1) is 0 Å². The summed E-state index contributed by atoms with van der Waals surface area (Å²) < 4.78 is 27.9. The van der Waals surface area contributed by atoms with E-state index in [-0.39, 0.29) is 10.5 Å². The quantitative estimate of drug-likeness (QED) is 0.875. The van der Waals surface area contributed by atoms with Crippen LogP contribution in [-0.2, 0) is 16.6 Å². The Morgan fingerprint density at radius 1 is 1.27 bits per heavy atom. The fourth-order valence-electron chi connectivity index (χ4n) is 1.99. The highest BCUT2D eigenvalue weighted by Crippen LogP contribution is 2.22. The second-order valence-corrected chi connectivity index (χ2v) is 6.09. The summed E-state index contributed by atoms with van der Waals surface area (Å²) in [6.07, 6.45) is 0. The summed E-state index contributed by atoms with van der Waals surface area (Å²) >= 11 is 0. The number of nitriles is 1. The first-order chi connectivity index (χ1) is 10.5. The third kappa shape index (κ3) is 3.55. The van der Waals surface area contributed by atoms with Gasteiger partial charge in [-0.1, -0.05) is 18.2 Å². The van der Waals surface area contributed by atoms with Gasteiger partial charge in [0.1, 0.15) is 11.8 Å². The summed E-state index contributed by atoms with van der Waals surface area (Å²) in [5, 5.41) is 17.3. The highest BCUT2D eigenvalue weighted by molar-refractivity contribution is 7.89. The number of para-hydroxylation sites is 1. The summed E-state index contributed by atoms with van der Waals surface area (Å²) in [7, 11) is -2.25. The zero-order valence-corrected chi connectivity index (χ0v) is 12.7. The van der Waals surface area contributed by atoms with E-state index in [1.807, 2.05) is 30.3 Å². The zero-order valence-electron chi connectivity index (χ0n) is 11.9. The highest BCUT2D eigenvalue weighted by atomic mass is 32.2. The maximum atomic E-state index is 11.3. The van der Waals surface area contributed by atoms with Crippen molar-refractivity contribution in [2.24, 2.45) is 5.14 Å². The molecule has 0 heterocycles. The van der Waals surface area contributed by atoms with Crippen molar-refractivity contribution in [1.82, 2.24) is 0 Å². The van der Waals surface area contributed by atoms with E-state index in [9.17, 15) is 8.42 Å². The van der Waals surface area contributed by atoms with Crippen molar-refractivity contribution >= 4 is 15.7 Å². The molecule has 2 rings (SSSR count). The van der Waals surface area contributed by atoms with E-state index in [2.05, 4.69) is 5.32 Å². The molecule has 0 unspecified atom stereocenters. The highest BCUT2D eigenvalue weighted by Gasteiger charge is 2.11. The lowest BCUT2D eigenvalue weighted by Gasteiger charge is -2.12. The number of nitrogens with two attached hydrogens (primary N) is 1. The molecule has 0 saturated carbocycles. The third-order valence-corrected chi connectivity index (χ3v) is 4.01. The Bertz CT molecular complexity index is 826. The van der Waals surface area contributed by atoms with Gasteiger partial charge in [-0.05, 0) is 24.3 Å². The Kier molecular flexibility index (Phi) is 4.65. The minimum Gasteiger partial charge on any atom is -0.496 e. The van der Waals surface area contributed by atoms with Crippen molar-refractivity contribution in [3.05, 3.63) is 53.6 Å². The average Bonchev–Trinajstić information content (AvgIpc) is 2.52. The number of nitrogens with one attached hydrogen (secondary N) is 1. The summed E-state index contributed by atoms with van der Waals surface area (Å²) in [5.74, 6) is 0.731. The number of primary sulfonamides is 1. The molecule has 0 spiro atoms. The van der Waals surface area contributed by atoms with Crippen molar-refractivity contribution in [1.29, 1.82) is 5.26 Å². The lowest BCUT2D eigenvalue weighted by Crippen LogP contribution is -2.12. The standard InChI is InChI=1S/C15H15N3O3S/c1-21-15-5-3-2-4-11(15)10-18-14-7-6-13(22(17,19)20)8-12(14)9-16/h2-8,18H,10H2,1H3,(H2,17,19,20). The number of sulfonamides is 1. The first-order valence-corrected chi connectivity index (χ1v) is 7.93. The van der Waals surface area contributed by atoms with Crippen LogP contribution in [0.3, 0.4) is 0 Å². The van der Waals surface area contributed by atoms with Gasteiger partial charge in [0.25, 0.3) is 0 Å². The smallest absolute Gasteiger partial charge is 0.238 e. The van der Waals surface area contributed by atoms with Gasteiger partial charge in [0.15, 0.2) is 0 Å². The number of ether oxygens (including phenoxy) is 1. The van der Waals surface area contributed by atoms with Gasteiger partial charge in [0, 0.05) is 12.1 Å². The monoisotopic (exact) mass is 317 g/mol. The van der Waals surface area contributed by atoms with Gasteiger partial charge in [-0.25, -0.2) is 13.6 Å². The molecular formula is C15H15N3O3S. The van der Waals surface area contributed by atoms with E-state index in [1.54, 1.807) is 7.11 Å². The Balaban J connectivity index is 2.25. The molecule has 6 nitrogen and oxygen atoms in total. The van der Waals surface area contributed by atoms with Crippen molar-refractivity contribution in [2.45, 2.75) is 11.4 Å². The van der Waals surface area contributed by atoms with E-state index >= 15 is 0 Å². The number of nitrogens with zero attached hydrogens (tertiary/aromatic N) is 1. The molecule has 0 saturated heterocycles. The number of hydrogen-bond donors (Lipinski definition) is 2. The molecule has 0 amide bonds. The van der Waals surface area contributed by atoms with E-state index < -0.39 is 10.0 Å². The van der Waals surface area contributed by atoms with Crippen LogP contribution in [0, 0.1) is 11.3 Å². The lowest BCUT2D eigenvalue weighted by molar-refractivity contribution is 0.410. The maximum Gasteiger partial charge on any atom is 0.238 e. The third-order valence-electron chi connectivity index (χ3n) is 3.10. The topological polar surface area (TPSA) is 105 Å². The van der Waals surface area contributed by atoms with E-state index in [1.165, 1.54) is 18.2 Å². The SMILES string of the molecule is COc1ccccc1CNc1ccc(S(N)(=O)=O)cc1C#N. The molecule has 7 heteroatoms. The van der Waals surface area contributed by atoms with Crippen LogP contribution in [0.25, 0.3) is 0 Å². The van der Waals surface area contributed by atoms with Crippen LogP contribution >= 0.6 is 0 Å². The van der Waals surface area contributed by atoms with Crippen molar-refractivity contribution in [3.8, 4) is 11.8 Å². The van der Waals surface area contributed by atoms with E-state index in [4.69, 9.17) is 15.1 Å². The number of benzene rings is 2. The molecule has 3 N–H and O–H groups in total. The average molecular weight is 317 g/mol. The van der Waals surface area contributed by atoms with Gasteiger partial charge in [0.2, 0.25) is 10.0 Å². The Morgan fingerprint density at radius 3 is 2.64 bits per heavy atom. The van der Waals surface area contributed by atoms with Crippen LogP contribution in [0.4, 0.5) is 5.69 Å². The number of methoxy groups -OCH3 is 1.